The summed E-state index contributed by atoms with van der Waals surface area (Å²) in [6.07, 6.45) is 3.32. The number of amides is 1. The maximum Gasteiger partial charge on any atom is 0.285 e. The van der Waals surface area contributed by atoms with Crippen LogP contribution in [0.3, 0.4) is 0 Å². The third-order valence-corrected chi connectivity index (χ3v) is 5.62. The van der Waals surface area contributed by atoms with Crippen LogP contribution >= 0.6 is 11.6 Å². The minimum absolute atomic E-state index is 0.0646. The van der Waals surface area contributed by atoms with Crippen LogP contribution in [0.4, 0.5) is 11.4 Å². The van der Waals surface area contributed by atoms with Crippen molar-refractivity contribution in [1.29, 1.82) is 5.26 Å². The SMILES string of the molecule is N#CC1=CC2(c3ccccc3Nc3ccccc32)N(/N=C\c2ccc(Cl)cc2)C1=O. The standard InChI is InChI=1S/C24H15ClN4O/c25-18-11-9-16(10-12-18)15-27-29-23(30)17(14-26)13-24(29)19-5-1-3-7-21(19)28-22-8-4-2-6-20(22)24/h1-13,15,28H/b27-15-. The van der Waals surface area contributed by atoms with Crippen LogP contribution in [-0.2, 0) is 10.3 Å². The Hall–Kier alpha value is -3.88. The molecule has 3 aromatic rings. The van der Waals surface area contributed by atoms with E-state index >= 15 is 0 Å². The second kappa shape index (κ2) is 6.87. The molecular formula is C24H15ClN4O. The van der Waals surface area contributed by atoms with Crippen molar-refractivity contribution in [3.63, 3.8) is 0 Å². The highest BCUT2D eigenvalue weighted by atomic mass is 35.5. The molecule has 0 radical (unpaired) electrons. The van der Waals surface area contributed by atoms with Crippen molar-refractivity contribution in [3.05, 3.63) is 106 Å². The number of para-hydroxylation sites is 2. The molecule has 1 amide bonds. The highest BCUT2D eigenvalue weighted by Gasteiger charge is 2.52. The van der Waals surface area contributed by atoms with Gasteiger partial charge in [-0.3, -0.25) is 4.79 Å². The molecule has 0 unspecified atom stereocenters. The highest BCUT2D eigenvalue weighted by molar-refractivity contribution is 6.30. The molecule has 0 aromatic heterocycles. The number of rotatable bonds is 2. The van der Waals surface area contributed by atoms with E-state index in [0.717, 1.165) is 28.1 Å². The number of halogens is 1. The number of nitrogens with one attached hydrogen (secondary N) is 1. The van der Waals surface area contributed by atoms with E-state index in [9.17, 15) is 10.1 Å². The average Bonchev–Trinajstić information content (AvgIpc) is 3.06. The molecular weight excluding hydrogens is 396 g/mol. The van der Waals surface area contributed by atoms with Gasteiger partial charge in [0.1, 0.15) is 17.2 Å². The van der Waals surface area contributed by atoms with Crippen molar-refractivity contribution in [2.24, 2.45) is 5.10 Å². The van der Waals surface area contributed by atoms with Crippen LogP contribution in [0.5, 0.6) is 0 Å². The van der Waals surface area contributed by atoms with E-state index in [1.54, 1.807) is 24.4 Å². The van der Waals surface area contributed by atoms with Gasteiger partial charge in [0.15, 0.2) is 0 Å². The Labute approximate surface area is 178 Å². The fraction of sp³-hybridized carbons (Fsp3) is 0.0417. The van der Waals surface area contributed by atoms with Gasteiger partial charge in [-0.05, 0) is 35.9 Å². The van der Waals surface area contributed by atoms with Gasteiger partial charge in [-0.2, -0.15) is 10.4 Å². The number of anilines is 2. The molecule has 2 aliphatic heterocycles. The number of hydrazone groups is 1. The van der Waals surface area contributed by atoms with Crippen LogP contribution in [0.1, 0.15) is 16.7 Å². The summed E-state index contributed by atoms with van der Waals surface area (Å²) in [6.45, 7) is 0. The monoisotopic (exact) mass is 410 g/mol. The van der Waals surface area contributed by atoms with E-state index in [4.69, 9.17) is 11.6 Å². The van der Waals surface area contributed by atoms with Crippen molar-refractivity contribution in [1.82, 2.24) is 5.01 Å². The molecule has 0 fully saturated rings. The third-order valence-electron chi connectivity index (χ3n) is 5.37. The van der Waals surface area contributed by atoms with E-state index < -0.39 is 11.4 Å². The number of fused-ring (bicyclic) bond motifs is 4. The Morgan fingerprint density at radius 1 is 0.967 bits per heavy atom. The van der Waals surface area contributed by atoms with Crippen LogP contribution in [0.25, 0.3) is 0 Å². The van der Waals surface area contributed by atoms with Crippen LogP contribution < -0.4 is 5.32 Å². The second-order valence-corrected chi connectivity index (χ2v) is 7.50. The van der Waals surface area contributed by atoms with Crippen LogP contribution in [0.2, 0.25) is 5.02 Å². The smallest absolute Gasteiger partial charge is 0.285 e. The van der Waals surface area contributed by atoms with Crippen molar-refractivity contribution >= 4 is 35.1 Å². The molecule has 30 heavy (non-hydrogen) atoms. The summed E-state index contributed by atoms with van der Waals surface area (Å²) in [5.41, 5.74) is 3.30. The third kappa shape index (κ3) is 2.62. The number of nitriles is 1. The summed E-state index contributed by atoms with van der Waals surface area (Å²) in [5, 5.41) is 19.6. The Morgan fingerprint density at radius 2 is 1.57 bits per heavy atom. The molecule has 3 aromatic carbocycles. The number of carbonyl (C=O) groups is 1. The zero-order chi connectivity index (χ0) is 20.7. The lowest BCUT2D eigenvalue weighted by Crippen LogP contribution is -2.44. The number of hydrogen-bond donors (Lipinski definition) is 1. The van der Waals surface area contributed by atoms with Gasteiger partial charge in [0.25, 0.3) is 5.91 Å². The molecule has 1 spiro atoms. The summed E-state index contributed by atoms with van der Waals surface area (Å²) < 4.78 is 0. The largest absolute Gasteiger partial charge is 0.355 e. The first-order chi connectivity index (χ1) is 14.6. The van der Waals surface area contributed by atoms with Gasteiger partial charge in [0.05, 0.1) is 6.21 Å². The molecule has 144 valence electrons. The lowest BCUT2D eigenvalue weighted by Gasteiger charge is -2.41. The lowest BCUT2D eigenvalue weighted by molar-refractivity contribution is -0.128. The van der Waals surface area contributed by atoms with Crippen molar-refractivity contribution in [2.75, 3.05) is 5.32 Å². The Bertz CT molecular complexity index is 1230. The van der Waals surface area contributed by atoms with Crippen LogP contribution in [-0.4, -0.2) is 17.1 Å². The zero-order valence-electron chi connectivity index (χ0n) is 15.7. The lowest BCUT2D eigenvalue weighted by atomic mass is 9.78. The Morgan fingerprint density at radius 3 is 2.17 bits per heavy atom. The zero-order valence-corrected chi connectivity index (χ0v) is 16.5. The van der Waals surface area contributed by atoms with Gasteiger partial charge in [-0.15, -0.1) is 0 Å². The fourth-order valence-electron chi connectivity index (χ4n) is 4.03. The number of nitrogens with zero attached hydrogens (tertiary/aromatic N) is 3. The molecule has 0 bridgehead atoms. The van der Waals surface area contributed by atoms with E-state index in [0.29, 0.717) is 5.02 Å². The van der Waals surface area contributed by atoms with Gasteiger partial charge < -0.3 is 5.32 Å². The average molecular weight is 411 g/mol. The maximum atomic E-state index is 13.2. The molecule has 0 aliphatic carbocycles. The van der Waals surface area contributed by atoms with Crippen molar-refractivity contribution in [3.8, 4) is 6.07 Å². The van der Waals surface area contributed by atoms with Crippen molar-refractivity contribution in [2.45, 2.75) is 5.54 Å². The van der Waals surface area contributed by atoms with Crippen LogP contribution in [0.15, 0.2) is 89.5 Å². The van der Waals surface area contributed by atoms with Gasteiger partial charge in [0, 0.05) is 27.5 Å². The molecule has 2 heterocycles. The van der Waals surface area contributed by atoms with Crippen LogP contribution in [0, 0.1) is 11.3 Å². The summed E-state index contributed by atoms with van der Waals surface area (Å²) in [6, 6.07) is 24.7. The molecule has 5 nitrogen and oxygen atoms in total. The minimum Gasteiger partial charge on any atom is -0.355 e. The number of hydrogen-bond acceptors (Lipinski definition) is 4. The molecule has 0 saturated heterocycles. The van der Waals surface area contributed by atoms with E-state index in [1.165, 1.54) is 5.01 Å². The summed E-state index contributed by atoms with van der Waals surface area (Å²) in [5.74, 6) is -0.436. The van der Waals surface area contributed by atoms with E-state index in [2.05, 4.69) is 10.4 Å². The van der Waals surface area contributed by atoms with Gasteiger partial charge in [-0.1, -0.05) is 60.1 Å². The van der Waals surface area contributed by atoms with Gasteiger partial charge in [0.2, 0.25) is 0 Å². The maximum absolute atomic E-state index is 13.2. The molecule has 5 rings (SSSR count). The first-order valence-electron chi connectivity index (χ1n) is 9.36. The predicted octanol–water partition coefficient (Wildman–Crippen LogP) is 4.97. The molecule has 6 heteroatoms. The number of benzene rings is 3. The second-order valence-electron chi connectivity index (χ2n) is 7.07. The molecule has 2 aliphatic rings. The molecule has 1 N–H and O–H groups in total. The summed E-state index contributed by atoms with van der Waals surface area (Å²) in [4.78, 5) is 13.2. The van der Waals surface area contributed by atoms with Crippen molar-refractivity contribution < 1.29 is 4.79 Å². The first kappa shape index (κ1) is 18.2. The quantitative estimate of drug-likeness (QED) is 0.606. The van der Waals surface area contributed by atoms with Gasteiger partial charge >= 0.3 is 0 Å². The Kier molecular flexibility index (Phi) is 4.16. The van der Waals surface area contributed by atoms with Gasteiger partial charge in [-0.25, -0.2) is 5.01 Å². The summed E-state index contributed by atoms with van der Waals surface area (Å²) in [7, 11) is 0. The number of carbonyl (C=O) groups excluding carboxylic acids is 1. The normalized spacial score (nSPS) is 16.1. The molecule has 0 atom stereocenters. The minimum atomic E-state index is -1.01. The van der Waals surface area contributed by atoms with E-state index in [-0.39, 0.29) is 5.57 Å². The summed E-state index contributed by atoms with van der Waals surface area (Å²) >= 11 is 5.97. The Balaban J connectivity index is 1.74. The highest BCUT2D eigenvalue weighted by Crippen LogP contribution is 2.51. The van der Waals surface area contributed by atoms with E-state index in [1.807, 2.05) is 66.7 Å². The predicted molar refractivity (Wildman–Crippen MR) is 117 cm³/mol. The molecule has 0 saturated carbocycles. The topological polar surface area (TPSA) is 68.5 Å². The first-order valence-corrected chi connectivity index (χ1v) is 9.74. The fourth-order valence-corrected chi connectivity index (χ4v) is 4.15.